The molecular weight excluding hydrogens is 368 g/mol. The molecule has 0 unspecified atom stereocenters. The van der Waals surface area contributed by atoms with E-state index in [1.54, 1.807) is 55.8 Å². The molecule has 0 aliphatic rings. The van der Waals surface area contributed by atoms with Gasteiger partial charge in [0, 0.05) is 13.7 Å². The van der Waals surface area contributed by atoms with Crippen molar-refractivity contribution in [2.45, 2.75) is 0 Å². The third-order valence-corrected chi connectivity index (χ3v) is 4.17. The van der Waals surface area contributed by atoms with E-state index in [0.717, 1.165) is 5.56 Å². The number of para-hydroxylation sites is 1. The first-order valence-corrected chi connectivity index (χ1v) is 9.17. The normalized spacial score (nSPS) is 11.1. The van der Waals surface area contributed by atoms with Crippen LogP contribution in [0.4, 0.5) is 5.69 Å². The van der Waals surface area contributed by atoms with Crippen molar-refractivity contribution in [2.24, 2.45) is 0 Å². The van der Waals surface area contributed by atoms with Gasteiger partial charge in [-0.2, -0.15) is 0 Å². The van der Waals surface area contributed by atoms with E-state index >= 15 is 0 Å². The maximum atomic E-state index is 13.1. The Morgan fingerprint density at radius 1 is 1.00 bits per heavy atom. The van der Waals surface area contributed by atoms with E-state index in [2.05, 4.69) is 10.6 Å². The van der Waals surface area contributed by atoms with Crippen LogP contribution in [0.5, 0.6) is 0 Å². The van der Waals surface area contributed by atoms with Crippen LogP contribution in [0, 0.1) is 0 Å². The highest BCUT2D eigenvalue weighted by atomic mass is 16.5. The van der Waals surface area contributed by atoms with Crippen molar-refractivity contribution in [3.05, 3.63) is 89.9 Å². The van der Waals surface area contributed by atoms with Gasteiger partial charge in [-0.3, -0.25) is 9.59 Å². The van der Waals surface area contributed by atoms with Gasteiger partial charge in [-0.25, -0.2) is 0 Å². The molecule has 0 radical (unpaired) electrons. The van der Waals surface area contributed by atoms with Crippen LogP contribution in [-0.2, 0) is 9.53 Å². The van der Waals surface area contributed by atoms with E-state index in [1.165, 1.54) is 0 Å². The Balaban J connectivity index is 1.86. The molecule has 0 saturated carbocycles. The third kappa shape index (κ3) is 5.43. The summed E-state index contributed by atoms with van der Waals surface area (Å²) in [7, 11) is 1.57. The average Bonchev–Trinajstić information content (AvgIpc) is 3.26. The van der Waals surface area contributed by atoms with Crippen LogP contribution in [0.25, 0.3) is 11.6 Å². The number of furan rings is 1. The lowest BCUT2D eigenvalue weighted by molar-refractivity contribution is -0.111. The summed E-state index contributed by atoms with van der Waals surface area (Å²) in [5, 5.41) is 5.62. The minimum atomic E-state index is -0.343. The second-order valence-electron chi connectivity index (χ2n) is 6.19. The number of benzene rings is 2. The van der Waals surface area contributed by atoms with Crippen molar-refractivity contribution >= 4 is 29.2 Å². The molecule has 29 heavy (non-hydrogen) atoms. The van der Waals surface area contributed by atoms with E-state index in [4.69, 9.17) is 9.15 Å². The molecule has 0 aliphatic heterocycles. The number of rotatable bonds is 8. The van der Waals surface area contributed by atoms with Crippen molar-refractivity contribution in [2.75, 3.05) is 25.6 Å². The standard InChI is InChI=1S/C23H22N2O4/c1-28-15-13-24-22(26)19-11-5-6-12-21(19)25-23(27)20(16-18-10-7-14-29-18)17-8-3-2-4-9-17/h2-12,14,16H,13,15H2,1H3,(H,24,26)(H,25,27)/b20-16+. The van der Waals surface area contributed by atoms with Crippen LogP contribution in [0.15, 0.2) is 77.4 Å². The second kappa shape index (κ2) is 10.1. The molecule has 0 spiro atoms. The molecule has 0 atom stereocenters. The predicted molar refractivity (Wildman–Crippen MR) is 112 cm³/mol. The molecule has 2 aromatic carbocycles. The maximum Gasteiger partial charge on any atom is 0.256 e. The maximum absolute atomic E-state index is 13.1. The van der Waals surface area contributed by atoms with Gasteiger partial charge >= 0.3 is 0 Å². The SMILES string of the molecule is COCCNC(=O)c1ccccc1NC(=O)/C(=C/c1ccco1)c1ccccc1. The summed E-state index contributed by atoms with van der Waals surface area (Å²) in [5.41, 5.74) is 1.97. The summed E-state index contributed by atoms with van der Waals surface area (Å²) in [6, 6.07) is 19.7. The van der Waals surface area contributed by atoms with Crippen molar-refractivity contribution in [1.82, 2.24) is 5.32 Å². The van der Waals surface area contributed by atoms with Crippen LogP contribution in [-0.4, -0.2) is 32.1 Å². The number of methoxy groups -OCH3 is 1. The van der Waals surface area contributed by atoms with Crippen LogP contribution >= 0.6 is 0 Å². The first-order valence-electron chi connectivity index (χ1n) is 9.17. The fourth-order valence-electron chi connectivity index (χ4n) is 2.75. The number of anilines is 1. The minimum absolute atomic E-state index is 0.283. The summed E-state index contributed by atoms with van der Waals surface area (Å²) in [5.74, 6) is -0.0661. The van der Waals surface area contributed by atoms with Gasteiger partial charge in [0.15, 0.2) is 0 Å². The molecule has 1 heterocycles. The molecule has 1 aromatic heterocycles. The van der Waals surface area contributed by atoms with Crippen LogP contribution in [0.1, 0.15) is 21.7 Å². The summed E-state index contributed by atoms with van der Waals surface area (Å²) in [4.78, 5) is 25.6. The number of carbonyl (C=O) groups excluding carboxylic acids is 2. The van der Waals surface area contributed by atoms with Crippen LogP contribution < -0.4 is 10.6 Å². The van der Waals surface area contributed by atoms with Gasteiger partial charge in [-0.15, -0.1) is 0 Å². The van der Waals surface area contributed by atoms with Crippen LogP contribution in [0.3, 0.4) is 0 Å². The smallest absolute Gasteiger partial charge is 0.256 e. The summed E-state index contributed by atoms with van der Waals surface area (Å²) < 4.78 is 10.3. The lowest BCUT2D eigenvalue weighted by Crippen LogP contribution is -2.28. The van der Waals surface area contributed by atoms with E-state index < -0.39 is 0 Å². The van der Waals surface area contributed by atoms with Gasteiger partial charge in [0.25, 0.3) is 11.8 Å². The van der Waals surface area contributed by atoms with E-state index in [0.29, 0.717) is 35.7 Å². The Hall–Kier alpha value is -3.64. The molecule has 0 bridgehead atoms. The zero-order valence-corrected chi connectivity index (χ0v) is 16.1. The van der Waals surface area contributed by atoms with E-state index in [1.807, 2.05) is 30.3 Å². The highest BCUT2D eigenvalue weighted by molar-refractivity contribution is 6.29. The highest BCUT2D eigenvalue weighted by Gasteiger charge is 2.17. The molecule has 6 heteroatoms. The monoisotopic (exact) mass is 390 g/mol. The lowest BCUT2D eigenvalue weighted by atomic mass is 10.0. The fourth-order valence-corrected chi connectivity index (χ4v) is 2.75. The number of amides is 2. The van der Waals surface area contributed by atoms with Crippen molar-refractivity contribution in [3.8, 4) is 0 Å². The van der Waals surface area contributed by atoms with Crippen molar-refractivity contribution in [3.63, 3.8) is 0 Å². The zero-order chi connectivity index (χ0) is 20.5. The Bertz CT molecular complexity index is 979. The first kappa shape index (κ1) is 20.1. The fraction of sp³-hybridized carbons (Fsp3) is 0.130. The number of hydrogen-bond acceptors (Lipinski definition) is 4. The molecule has 0 aliphatic carbocycles. The largest absolute Gasteiger partial charge is 0.465 e. The van der Waals surface area contributed by atoms with Crippen molar-refractivity contribution < 1.29 is 18.7 Å². The summed E-state index contributed by atoms with van der Waals surface area (Å²) >= 11 is 0. The van der Waals surface area contributed by atoms with E-state index in [-0.39, 0.29) is 11.8 Å². The predicted octanol–water partition coefficient (Wildman–Crippen LogP) is 3.84. The molecule has 3 rings (SSSR count). The molecule has 3 aromatic rings. The molecule has 2 N–H and O–H groups in total. The number of hydrogen-bond donors (Lipinski definition) is 2. The van der Waals surface area contributed by atoms with Gasteiger partial charge in [0.1, 0.15) is 5.76 Å². The first-order chi connectivity index (χ1) is 14.2. The quantitative estimate of drug-likeness (QED) is 0.452. The van der Waals surface area contributed by atoms with Gasteiger partial charge in [-0.1, -0.05) is 42.5 Å². The molecule has 148 valence electrons. The lowest BCUT2D eigenvalue weighted by Gasteiger charge is -2.13. The summed E-state index contributed by atoms with van der Waals surface area (Å²) in [6.45, 7) is 0.787. The topological polar surface area (TPSA) is 80.6 Å². The van der Waals surface area contributed by atoms with Crippen molar-refractivity contribution in [1.29, 1.82) is 0 Å². The molecule has 0 fully saturated rings. The molecule has 2 amide bonds. The van der Waals surface area contributed by atoms with Gasteiger partial charge in [-0.05, 0) is 35.9 Å². The molecule has 6 nitrogen and oxygen atoms in total. The van der Waals surface area contributed by atoms with Crippen LogP contribution in [0.2, 0.25) is 0 Å². The Morgan fingerprint density at radius 3 is 2.48 bits per heavy atom. The van der Waals surface area contributed by atoms with Gasteiger partial charge in [0.05, 0.1) is 29.7 Å². The van der Waals surface area contributed by atoms with Gasteiger partial charge < -0.3 is 19.8 Å². The average molecular weight is 390 g/mol. The van der Waals surface area contributed by atoms with E-state index in [9.17, 15) is 9.59 Å². The number of ether oxygens (including phenoxy) is 1. The minimum Gasteiger partial charge on any atom is -0.465 e. The van der Waals surface area contributed by atoms with Gasteiger partial charge in [0.2, 0.25) is 0 Å². The third-order valence-electron chi connectivity index (χ3n) is 4.17. The molecular formula is C23H22N2O4. The highest BCUT2D eigenvalue weighted by Crippen LogP contribution is 2.22. The molecule has 0 saturated heterocycles. The summed E-state index contributed by atoms with van der Waals surface area (Å²) in [6.07, 6.45) is 3.22. The zero-order valence-electron chi connectivity index (χ0n) is 16.1. The Labute approximate surface area is 169 Å². The second-order valence-corrected chi connectivity index (χ2v) is 6.19. The number of carbonyl (C=O) groups is 2. The Morgan fingerprint density at radius 2 is 1.76 bits per heavy atom. The number of nitrogens with one attached hydrogen (secondary N) is 2. The Kier molecular flexibility index (Phi) is 6.97.